The van der Waals surface area contributed by atoms with E-state index in [0.717, 1.165) is 4.57 Å². The summed E-state index contributed by atoms with van der Waals surface area (Å²) in [5.41, 5.74) is -0.664. The standard InChI is InChI=1S/C24H25F3N8O4/c1-14-10-16(31-39-14)11-35-22(37)20-21(32(2)23(35)38)28-13-34(20)12-19(36)30-17-4-3-5-18(29-17)33-8-6-15(7-9-33)24(25,26)27/h3-5,10,13,15H,6-9,11-12H2,1-2H3,(H,29,30,36). The fraction of sp³-hybridized carbons (Fsp3) is 0.417. The van der Waals surface area contributed by atoms with Crippen LogP contribution in [0.5, 0.6) is 0 Å². The third kappa shape index (κ3) is 5.28. The van der Waals surface area contributed by atoms with Crippen LogP contribution in [0, 0.1) is 12.8 Å². The first-order valence-corrected chi connectivity index (χ1v) is 12.2. The average molecular weight is 547 g/mol. The molecule has 0 unspecified atom stereocenters. The SMILES string of the molecule is Cc1cc(Cn2c(=O)c3c(ncn3CC(=O)Nc3cccc(N4CCC(C(F)(F)F)CC4)n3)n(C)c2=O)no1. The van der Waals surface area contributed by atoms with Crippen LogP contribution >= 0.6 is 0 Å². The van der Waals surface area contributed by atoms with Crippen molar-refractivity contribution in [2.24, 2.45) is 13.0 Å². The molecule has 1 aliphatic heterocycles. The van der Waals surface area contributed by atoms with E-state index in [9.17, 15) is 27.6 Å². The molecule has 15 heteroatoms. The van der Waals surface area contributed by atoms with Crippen LogP contribution in [0.1, 0.15) is 24.3 Å². The molecule has 1 aliphatic rings. The van der Waals surface area contributed by atoms with Gasteiger partial charge in [-0.25, -0.2) is 14.8 Å². The smallest absolute Gasteiger partial charge is 0.361 e. The highest BCUT2D eigenvalue weighted by Gasteiger charge is 2.41. The Balaban J connectivity index is 1.33. The van der Waals surface area contributed by atoms with E-state index < -0.39 is 29.3 Å². The number of carbonyl (C=O) groups is 1. The molecule has 39 heavy (non-hydrogen) atoms. The number of aromatic nitrogens is 6. The van der Waals surface area contributed by atoms with Crippen LogP contribution in [0.4, 0.5) is 24.8 Å². The largest absolute Gasteiger partial charge is 0.391 e. The van der Waals surface area contributed by atoms with Crippen molar-refractivity contribution >= 4 is 28.7 Å². The molecule has 0 spiro atoms. The molecule has 1 amide bonds. The third-order valence-electron chi connectivity index (χ3n) is 6.70. The summed E-state index contributed by atoms with van der Waals surface area (Å²) >= 11 is 0. The van der Waals surface area contributed by atoms with Gasteiger partial charge in [-0.2, -0.15) is 13.2 Å². The minimum Gasteiger partial charge on any atom is -0.361 e. The number of fused-ring (bicyclic) bond motifs is 1. The number of rotatable bonds is 6. The van der Waals surface area contributed by atoms with Crippen molar-refractivity contribution in [1.29, 1.82) is 0 Å². The van der Waals surface area contributed by atoms with Gasteiger partial charge in [0.25, 0.3) is 5.56 Å². The number of piperidine rings is 1. The number of imidazole rings is 1. The van der Waals surface area contributed by atoms with E-state index in [0.29, 0.717) is 17.3 Å². The predicted molar refractivity (Wildman–Crippen MR) is 133 cm³/mol. The maximum Gasteiger partial charge on any atom is 0.391 e. The minimum absolute atomic E-state index is 0.0221. The van der Waals surface area contributed by atoms with Crippen LogP contribution in [0.15, 0.2) is 44.7 Å². The number of anilines is 2. The van der Waals surface area contributed by atoms with Gasteiger partial charge in [-0.05, 0) is 31.9 Å². The fourth-order valence-electron chi connectivity index (χ4n) is 4.68. The quantitative estimate of drug-likeness (QED) is 0.389. The van der Waals surface area contributed by atoms with Crippen LogP contribution in [0.25, 0.3) is 11.2 Å². The Kier molecular flexibility index (Phi) is 6.74. The molecule has 1 fully saturated rings. The molecule has 0 saturated carbocycles. The summed E-state index contributed by atoms with van der Waals surface area (Å²) in [6, 6.07) is 6.50. The average Bonchev–Trinajstić information content (AvgIpc) is 3.51. The lowest BCUT2D eigenvalue weighted by molar-refractivity contribution is -0.179. The molecule has 0 bridgehead atoms. The van der Waals surface area contributed by atoms with Gasteiger partial charge in [0.05, 0.1) is 18.8 Å². The van der Waals surface area contributed by atoms with Gasteiger partial charge in [0, 0.05) is 26.2 Å². The highest BCUT2D eigenvalue weighted by Crippen LogP contribution is 2.35. The summed E-state index contributed by atoms with van der Waals surface area (Å²) in [7, 11) is 1.47. The number of alkyl halides is 3. The van der Waals surface area contributed by atoms with Gasteiger partial charge in [-0.1, -0.05) is 11.2 Å². The highest BCUT2D eigenvalue weighted by atomic mass is 19.4. The Morgan fingerprint density at radius 1 is 1.21 bits per heavy atom. The van der Waals surface area contributed by atoms with Crippen LogP contribution < -0.4 is 21.5 Å². The molecular formula is C24H25F3N8O4. The molecule has 206 valence electrons. The highest BCUT2D eigenvalue weighted by molar-refractivity contribution is 5.90. The van der Waals surface area contributed by atoms with E-state index >= 15 is 0 Å². The number of hydrogen-bond acceptors (Lipinski definition) is 8. The van der Waals surface area contributed by atoms with Gasteiger partial charge in [-0.15, -0.1) is 0 Å². The van der Waals surface area contributed by atoms with Gasteiger partial charge in [0.1, 0.15) is 29.6 Å². The number of nitrogens with one attached hydrogen (secondary N) is 1. The number of amides is 1. The van der Waals surface area contributed by atoms with E-state index in [1.165, 1.54) is 22.5 Å². The van der Waals surface area contributed by atoms with E-state index in [-0.39, 0.29) is 56.0 Å². The minimum atomic E-state index is -4.21. The van der Waals surface area contributed by atoms with E-state index in [2.05, 4.69) is 20.4 Å². The molecule has 0 aromatic carbocycles. The second-order valence-corrected chi connectivity index (χ2v) is 9.44. The normalized spacial score (nSPS) is 14.7. The van der Waals surface area contributed by atoms with E-state index in [1.54, 1.807) is 36.1 Å². The molecular weight excluding hydrogens is 521 g/mol. The van der Waals surface area contributed by atoms with Crippen molar-refractivity contribution in [3.05, 3.63) is 62.9 Å². The Labute approximate surface area is 218 Å². The summed E-state index contributed by atoms with van der Waals surface area (Å²) in [5, 5.41) is 6.49. The lowest BCUT2D eigenvalue weighted by Crippen LogP contribution is -2.40. The second kappa shape index (κ2) is 10.0. The Hall–Kier alpha value is -4.43. The molecule has 1 N–H and O–H groups in total. The summed E-state index contributed by atoms with van der Waals surface area (Å²) in [6.45, 7) is 1.68. The van der Waals surface area contributed by atoms with Gasteiger partial charge < -0.3 is 19.3 Å². The van der Waals surface area contributed by atoms with Gasteiger partial charge in [0.2, 0.25) is 5.91 Å². The number of hydrogen-bond donors (Lipinski definition) is 1. The summed E-state index contributed by atoms with van der Waals surface area (Å²) in [4.78, 5) is 49.2. The van der Waals surface area contributed by atoms with Crippen LogP contribution in [-0.4, -0.2) is 54.0 Å². The molecule has 5 heterocycles. The zero-order chi connectivity index (χ0) is 27.9. The van der Waals surface area contributed by atoms with Gasteiger partial charge >= 0.3 is 11.9 Å². The maximum atomic E-state index is 13.2. The van der Waals surface area contributed by atoms with Crippen LogP contribution in [-0.2, 0) is 24.9 Å². The first-order valence-electron chi connectivity index (χ1n) is 12.2. The predicted octanol–water partition coefficient (Wildman–Crippen LogP) is 2.05. The van der Waals surface area contributed by atoms with Crippen molar-refractivity contribution < 1.29 is 22.5 Å². The number of pyridine rings is 1. The van der Waals surface area contributed by atoms with E-state index in [1.807, 2.05) is 0 Å². The fourth-order valence-corrected chi connectivity index (χ4v) is 4.68. The molecule has 5 rings (SSSR count). The number of halogens is 3. The molecule has 1 saturated heterocycles. The first kappa shape index (κ1) is 26.2. The van der Waals surface area contributed by atoms with Crippen LogP contribution in [0.2, 0.25) is 0 Å². The summed E-state index contributed by atoms with van der Waals surface area (Å²) < 4.78 is 47.5. The Morgan fingerprint density at radius 2 is 1.95 bits per heavy atom. The van der Waals surface area contributed by atoms with Gasteiger partial charge in [0.15, 0.2) is 11.2 Å². The zero-order valence-electron chi connectivity index (χ0n) is 21.1. The zero-order valence-corrected chi connectivity index (χ0v) is 21.1. The number of carbonyl (C=O) groups excluding carboxylic acids is 1. The summed E-state index contributed by atoms with van der Waals surface area (Å²) in [5.74, 6) is -0.637. The Bertz CT molecular complexity index is 1640. The maximum absolute atomic E-state index is 13.2. The monoisotopic (exact) mass is 546 g/mol. The van der Waals surface area contributed by atoms with Gasteiger partial charge in [-0.3, -0.25) is 18.7 Å². The van der Waals surface area contributed by atoms with Crippen molar-refractivity contribution in [1.82, 2.24) is 28.8 Å². The molecule has 0 radical (unpaired) electrons. The number of nitrogens with zero attached hydrogens (tertiary/aromatic N) is 7. The molecule has 4 aromatic rings. The first-order chi connectivity index (χ1) is 18.5. The van der Waals surface area contributed by atoms with Crippen molar-refractivity contribution in [2.75, 3.05) is 23.3 Å². The van der Waals surface area contributed by atoms with Crippen molar-refractivity contribution in [2.45, 2.75) is 39.0 Å². The Morgan fingerprint density at radius 3 is 2.62 bits per heavy atom. The van der Waals surface area contributed by atoms with Crippen LogP contribution in [0.3, 0.4) is 0 Å². The van der Waals surface area contributed by atoms with E-state index in [4.69, 9.17) is 4.52 Å². The van der Waals surface area contributed by atoms with Crippen molar-refractivity contribution in [3.63, 3.8) is 0 Å². The molecule has 0 aliphatic carbocycles. The van der Waals surface area contributed by atoms with Crippen molar-refractivity contribution in [3.8, 4) is 0 Å². The summed E-state index contributed by atoms with van der Waals surface area (Å²) in [6.07, 6.45) is -2.96. The molecule has 4 aromatic heterocycles. The lowest BCUT2D eigenvalue weighted by atomic mass is 9.96. The second-order valence-electron chi connectivity index (χ2n) is 9.44. The topological polar surface area (TPSA) is 133 Å². The molecule has 12 nitrogen and oxygen atoms in total. The third-order valence-corrected chi connectivity index (χ3v) is 6.70. The lowest BCUT2D eigenvalue weighted by Gasteiger charge is -2.33. The number of aryl methyl sites for hydroxylation is 2. The molecule has 0 atom stereocenters.